The van der Waals surface area contributed by atoms with E-state index < -0.39 is 0 Å². The fraction of sp³-hybridized carbons (Fsp3) is 0.333. The minimum Gasteiger partial charge on any atom is -0.261 e. The summed E-state index contributed by atoms with van der Waals surface area (Å²) in [6.07, 6.45) is 1.79. The number of alkyl halides is 1. The Morgan fingerprint density at radius 3 is 2.69 bits per heavy atom. The van der Waals surface area contributed by atoms with E-state index in [0.29, 0.717) is 0 Å². The van der Waals surface area contributed by atoms with Crippen molar-refractivity contribution in [2.75, 3.05) is 0 Å². The van der Waals surface area contributed by atoms with E-state index in [4.69, 9.17) is 11.6 Å². The van der Waals surface area contributed by atoms with Gasteiger partial charge in [-0.15, -0.1) is 22.9 Å². The third-order valence-electron chi connectivity index (χ3n) is 2.51. The van der Waals surface area contributed by atoms with Gasteiger partial charge in [0.2, 0.25) is 0 Å². The lowest BCUT2D eigenvalue weighted by atomic mass is 10.0. The number of rotatable bonds is 3. The quantitative estimate of drug-likeness (QED) is 0.774. The van der Waals surface area contributed by atoms with Gasteiger partial charge in [-0.3, -0.25) is 4.98 Å². The second kappa shape index (κ2) is 4.93. The first-order valence-corrected chi connectivity index (χ1v) is 6.47. The maximum atomic E-state index is 6.41. The van der Waals surface area contributed by atoms with Crippen molar-refractivity contribution in [3.63, 3.8) is 0 Å². The monoisotopic (exact) mass is 252 g/mol. The highest BCUT2D eigenvalue weighted by Gasteiger charge is 2.21. The van der Waals surface area contributed by atoms with Gasteiger partial charge in [0.15, 0.2) is 0 Å². The van der Waals surface area contributed by atoms with Crippen LogP contribution < -0.4 is 0 Å². The normalized spacial score (nSPS) is 14.7. The van der Waals surface area contributed by atoms with Gasteiger partial charge in [0.25, 0.3) is 0 Å². The zero-order valence-electron chi connectivity index (χ0n) is 9.22. The molecule has 84 valence electrons. The van der Waals surface area contributed by atoms with Gasteiger partial charge in [0.1, 0.15) is 0 Å². The smallest absolute Gasteiger partial charge is 0.0897 e. The molecule has 0 bridgehead atoms. The predicted molar refractivity (Wildman–Crippen MR) is 68.1 cm³/mol. The molecule has 0 aliphatic rings. The lowest BCUT2D eigenvalue weighted by molar-refractivity contribution is 0.693. The van der Waals surface area contributed by atoms with Crippen LogP contribution in [-0.2, 0) is 0 Å². The van der Waals surface area contributed by atoms with Crippen LogP contribution in [0.25, 0.3) is 0 Å². The van der Waals surface area contributed by atoms with Crippen LogP contribution in [0.1, 0.15) is 34.6 Å². The molecule has 0 aliphatic carbocycles. The topological polar surface area (TPSA) is 25.8 Å². The molecule has 0 aromatic carbocycles. The van der Waals surface area contributed by atoms with Crippen molar-refractivity contribution in [2.45, 2.75) is 25.1 Å². The highest BCUT2D eigenvalue weighted by Crippen LogP contribution is 2.35. The molecule has 2 atom stereocenters. The number of pyridine rings is 1. The molecule has 0 saturated heterocycles. The molecule has 2 aromatic heterocycles. The van der Waals surface area contributed by atoms with Gasteiger partial charge in [-0.2, -0.15) is 0 Å². The van der Waals surface area contributed by atoms with E-state index >= 15 is 0 Å². The molecular weight excluding hydrogens is 240 g/mol. The third kappa shape index (κ3) is 2.42. The van der Waals surface area contributed by atoms with E-state index in [9.17, 15) is 0 Å². The van der Waals surface area contributed by atoms with E-state index in [0.717, 1.165) is 16.4 Å². The lowest BCUT2D eigenvalue weighted by Gasteiger charge is -2.15. The Kier molecular flexibility index (Phi) is 3.56. The predicted octanol–water partition coefficient (Wildman–Crippen LogP) is 3.93. The van der Waals surface area contributed by atoms with E-state index in [-0.39, 0.29) is 11.3 Å². The van der Waals surface area contributed by atoms with Crippen LogP contribution in [0, 0.1) is 6.92 Å². The summed E-state index contributed by atoms with van der Waals surface area (Å²) in [6.45, 7) is 4.07. The van der Waals surface area contributed by atoms with Crippen molar-refractivity contribution >= 4 is 22.9 Å². The largest absolute Gasteiger partial charge is 0.261 e. The molecule has 0 radical (unpaired) electrons. The van der Waals surface area contributed by atoms with Crippen LogP contribution in [0.2, 0.25) is 0 Å². The van der Waals surface area contributed by atoms with Crippen molar-refractivity contribution < 1.29 is 0 Å². The Morgan fingerprint density at radius 2 is 2.12 bits per heavy atom. The van der Waals surface area contributed by atoms with Gasteiger partial charge >= 0.3 is 0 Å². The van der Waals surface area contributed by atoms with Crippen molar-refractivity contribution in [2.24, 2.45) is 0 Å². The Labute approximate surface area is 104 Å². The minimum atomic E-state index is -0.111. The molecule has 0 spiro atoms. The Balaban J connectivity index is 2.19. The molecule has 4 heteroatoms. The van der Waals surface area contributed by atoms with Gasteiger partial charge in [0.05, 0.1) is 16.1 Å². The number of aromatic nitrogens is 2. The molecule has 0 amide bonds. The first-order chi connectivity index (χ1) is 7.68. The first-order valence-electron chi connectivity index (χ1n) is 5.15. The average Bonchev–Trinajstić information content (AvgIpc) is 2.75. The molecule has 2 nitrogen and oxygen atoms in total. The van der Waals surface area contributed by atoms with Gasteiger partial charge in [-0.25, -0.2) is 4.98 Å². The molecular formula is C12H13ClN2S. The van der Waals surface area contributed by atoms with Crippen molar-refractivity contribution in [3.8, 4) is 0 Å². The fourth-order valence-electron chi connectivity index (χ4n) is 1.56. The zero-order chi connectivity index (χ0) is 11.5. The van der Waals surface area contributed by atoms with E-state index in [2.05, 4.69) is 16.9 Å². The highest BCUT2D eigenvalue weighted by atomic mass is 35.5. The van der Waals surface area contributed by atoms with Crippen LogP contribution in [0.5, 0.6) is 0 Å². The summed E-state index contributed by atoms with van der Waals surface area (Å²) in [6, 6.07) is 5.89. The Hall–Kier alpha value is -0.930. The lowest BCUT2D eigenvalue weighted by Crippen LogP contribution is -2.04. The first kappa shape index (κ1) is 11.6. The van der Waals surface area contributed by atoms with Gasteiger partial charge in [-0.05, 0) is 19.1 Å². The molecule has 16 heavy (non-hydrogen) atoms. The summed E-state index contributed by atoms with van der Waals surface area (Å²) >= 11 is 8.04. The molecule has 0 saturated carbocycles. The number of aryl methyl sites for hydroxylation is 1. The van der Waals surface area contributed by atoms with Crippen LogP contribution in [0.4, 0.5) is 0 Å². The maximum absolute atomic E-state index is 6.41. The Morgan fingerprint density at radius 1 is 1.31 bits per heavy atom. The van der Waals surface area contributed by atoms with Gasteiger partial charge < -0.3 is 0 Å². The van der Waals surface area contributed by atoms with Crippen molar-refractivity contribution in [1.29, 1.82) is 0 Å². The zero-order valence-corrected chi connectivity index (χ0v) is 10.8. The summed E-state index contributed by atoms with van der Waals surface area (Å²) < 4.78 is 0. The van der Waals surface area contributed by atoms with Crippen LogP contribution in [-0.4, -0.2) is 9.97 Å². The van der Waals surface area contributed by atoms with E-state index in [1.807, 2.05) is 30.5 Å². The minimum absolute atomic E-state index is 0.111. The van der Waals surface area contributed by atoms with Crippen LogP contribution >= 0.6 is 22.9 Å². The number of hydrogen-bond acceptors (Lipinski definition) is 3. The van der Waals surface area contributed by atoms with Crippen LogP contribution in [0.3, 0.4) is 0 Å². The van der Waals surface area contributed by atoms with Crippen LogP contribution in [0.15, 0.2) is 29.8 Å². The highest BCUT2D eigenvalue weighted by molar-refractivity contribution is 7.09. The number of hydrogen-bond donors (Lipinski definition) is 0. The average molecular weight is 253 g/mol. The van der Waals surface area contributed by atoms with E-state index in [1.165, 1.54) is 0 Å². The maximum Gasteiger partial charge on any atom is 0.0897 e. The molecule has 0 N–H and O–H groups in total. The fourth-order valence-corrected chi connectivity index (χ4v) is 2.52. The summed E-state index contributed by atoms with van der Waals surface area (Å²) in [5.41, 5.74) is 1.95. The van der Waals surface area contributed by atoms with Crippen molar-refractivity contribution in [3.05, 3.63) is 46.2 Å². The third-order valence-corrected chi connectivity index (χ3v) is 3.91. The SMILES string of the molecule is Cc1nc(C(Cl)C(C)c2ccccn2)cs1. The van der Waals surface area contributed by atoms with Gasteiger partial charge in [0, 0.05) is 23.2 Å². The molecule has 2 aromatic rings. The number of nitrogens with zero attached hydrogens (tertiary/aromatic N) is 2. The second-order valence-electron chi connectivity index (χ2n) is 3.74. The second-order valence-corrected chi connectivity index (χ2v) is 5.27. The van der Waals surface area contributed by atoms with E-state index in [1.54, 1.807) is 17.5 Å². The molecule has 0 aliphatic heterocycles. The van der Waals surface area contributed by atoms with Crippen molar-refractivity contribution in [1.82, 2.24) is 9.97 Å². The standard InChI is InChI=1S/C12H13ClN2S/c1-8(10-5-3-4-6-14-10)12(13)11-7-16-9(2)15-11/h3-8,12H,1-2H3. The Bertz CT molecular complexity index is 455. The molecule has 2 heterocycles. The molecule has 2 rings (SSSR count). The molecule has 0 fully saturated rings. The molecule has 2 unspecified atom stereocenters. The number of thiazole rings is 1. The number of halogens is 1. The van der Waals surface area contributed by atoms with Gasteiger partial charge in [-0.1, -0.05) is 13.0 Å². The summed E-state index contributed by atoms with van der Waals surface area (Å²) in [5.74, 6) is 0.171. The summed E-state index contributed by atoms with van der Waals surface area (Å²) in [7, 11) is 0. The summed E-state index contributed by atoms with van der Waals surface area (Å²) in [4.78, 5) is 8.74. The summed E-state index contributed by atoms with van der Waals surface area (Å²) in [5, 5.41) is 2.96.